The maximum Gasteiger partial charge on any atom is 1.00 e. The van der Waals surface area contributed by atoms with Crippen LogP contribution >= 0.6 is 28.6 Å². The Bertz CT molecular complexity index is 321. The SMILES string of the molecule is CCOC(=O)C(=O)CBr.CCOC(=O)C([O-])=CS.[Na+]. The molecular formula is C10H14BrNaO6S. The van der Waals surface area contributed by atoms with Crippen LogP contribution in [0.5, 0.6) is 0 Å². The molecule has 0 unspecified atom stereocenters. The predicted octanol–water partition coefficient (Wildman–Crippen LogP) is -2.80. The molecule has 9 heteroatoms. The van der Waals surface area contributed by atoms with Crippen LogP contribution in [0.3, 0.4) is 0 Å². The zero-order valence-electron chi connectivity index (χ0n) is 11.0. The molecule has 19 heavy (non-hydrogen) atoms. The summed E-state index contributed by atoms with van der Waals surface area (Å²) in [5.41, 5.74) is 0. The molecule has 6 nitrogen and oxygen atoms in total. The fourth-order valence-corrected chi connectivity index (χ4v) is 0.855. The summed E-state index contributed by atoms with van der Waals surface area (Å²) in [6.45, 7) is 3.74. The number of ketones is 1. The smallest absolute Gasteiger partial charge is 0.867 e. The first-order valence-electron chi connectivity index (χ1n) is 4.88. The Labute approximate surface area is 147 Å². The maximum atomic E-state index is 10.4. The van der Waals surface area contributed by atoms with E-state index in [0.717, 1.165) is 5.41 Å². The molecule has 0 aromatic heterocycles. The molecule has 0 heterocycles. The number of Topliss-reactive ketones (excluding diaryl/α,β-unsaturated/α-hetero) is 1. The van der Waals surface area contributed by atoms with Gasteiger partial charge in [0, 0.05) is 0 Å². The van der Waals surface area contributed by atoms with Crippen LogP contribution in [0.1, 0.15) is 13.8 Å². The van der Waals surface area contributed by atoms with Crippen LogP contribution in [-0.2, 0) is 23.9 Å². The van der Waals surface area contributed by atoms with Gasteiger partial charge in [0.25, 0.3) is 0 Å². The van der Waals surface area contributed by atoms with E-state index >= 15 is 0 Å². The van der Waals surface area contributed by atoms with Crippen LogP contribution in [0.15, 0.2) is 11.2 Å². The van der Waals surface area contributed by atoms with Crippen LogP contribution in [0.4, 0.5) is 0 Å². The summed E-state index contributed by atoms with van der Waals surface area (Å²) in [6, 6.07) is 0. The third-order valence-electron chi connectivity index (χ3n) is 1.22. The van der Waals surface area contributed by atoms with Gasteiger partial charge in [-0.05, 0) is 25.0 Å². The normalized spacial score (nSPS) is 9.37. The monoisotopic (exact) mass is 364 g/mol. The molecule has 0 spiro atoms. The zero-order valence-corrected chi connectivity index (χ0v) is 15.5. The molecule has 0 aliphatic heterocycles. The van der Waals surface area contributed by atoms with Crippen molar-refractivity contribution in [3.8, 4) is 0 Å². The number of esters is 2. The topological polar surface area (TPSA) is 92.7 Å². The van der Waals surface area contributed by atoms with Gasteiger partial charge in [-0.25, -0.2) is 9.59 Å². The molecule has 0 atom stereocenters. The number of ether oxygens (including phenoxy) is 2. The van der Waals surface area contributed by atoms with Crippen LogP contribution in [0.2, 0.25) is 0 Å². The molecule has 0 rings (SSSR count). The molecule has 0 saturated carbocycles. The molecular weight excluding hydrogens is 351 g/mol. The standard InChI is InChI=1S/C5H7BrO3.C5H8O3S.Na/c1-2-9-5(8)4(7)3-6;1-2-8-5(7)4(6)3-9;/h2-3H2,1H3;3,6,9H,2H2,1H3;/q;;+1/p-1. The molecule has 0 aromatic rings. The largest absolute Gasteiger partial charge is 1.00 e. The average Bonchev–Trinajstić information content (AvgIpc) is 2.38. The molecule has 0 aromatic carbocycles. The number of halogens is 1. The number of carbonyl (C=O) groups is 3. The first-order chi connectivity index (χ1) is 8.44. The van der Waals surface area contributed by atoms with E-state index in [9.17, 15) is 19.5 Å². The second-order valence-electron chi connectivity index (χ2n) is 2.49. The van der Waals surface area contributed by atoms with Gasteiger partial charge in [-0.3, -0.25) is 4.79 Å². The van der Waals surface area contributed by atoms with Crippen molar-refractivity contribution in [3.05, 3.63) is 11.2 Å². The Kier molecular flexibility index (Phi) is 20.3. The van der Waals surface area contributed by atoms with Crippen LogP contribution in [-0.4, -0.2) is 36.3 Å². The van der Waals surface area contributed by atoms with E-state index in [4.69, 9.17) is 0 Å². The second kappa shape index (κ2) is 16.0. The van der Waals surface area contributed by atoms with Gasteiger partial charge < -0.3 is 14.6 Å². The van der Waals surface area contributed by atoms with Gasteiger partial charge in [0.05, 0.1) is 18.5 Å². The molecule has 0 radical (unpaired) electrons. The van der Waals surface area contributed by atoms with Crippen molar-refractivity contribution < 1.29 is 58.5 Å². The van der Waals surface area contributed by atoms with Gasteiger partial charge in [0.1, 0.15) is 0 Å². The van der Waals surface area contributed by atoms with E-state index in [0.29, 0.717) is 0 Å². The fraction of sp³-hybridized carbons (Fsp3) is 0.500. The van der Waals surface area contributed by atoms with E-state index in [-0.39, 0.29) is 48.1 Å². The summed E-state index contributed by atoms with van der Waals surface area (Å²) in [5, 5.41) is 11.2. The van der Waals surface area contributed by atoms with E-state index in [1.54, 1.807) is 13.8 Å². The summed E-state index contributed by atoms with van der Waals surface area (Å²) >= 11 is 6.31. The van der Waals surface area contributed by atoms with Gasteiger partial charge in [-0.1, -0.05) is 15.9 Å². The number of thiol groups is 1. The third kappa shape index (κ3) is 14.2. The Balaban J connectivity index is -0.000000256. The first-order valence-corrected chi connectivity index (χ1v) is 6.52. The van der Waals surface area contributed by atoms with Gasteiger partial charge >= 0.3 is 41.5 Å². The quantitative estimate of drug-likeness (QED) is 0.108. The predicted molar refractivity (Wildman–Crippen MR) is 69.1 cm³/mol. The third-order valence-corrected chi connectivity index (χ3v) is 1.96. The Morgan fingerprint density at radius 1 is 1.16 bits per heavy atom. The zero-order chi connectivity index (χ0) is 14.6. The molecule has 0 aliphatic carbocycles. The minimum absolute atomic E-state index is 0. The second-order valence-corrected chi connectivity index (χ2v) is 3.31. The van der Waals surface area contributed by atoms with Crippen LogP contribution < -0.4 is 34.7 Å². The van der Waals surface area contributed by atoms with E-state index in [1.165, 1.54) is 0 Å². The minimum Gasteiger partial charge on any atom is -0.867 e. The van der Waals surface area contributed by atoms with Crippen molar-refractivity contribution in [2.45, 2.75) is 13.8 Å². The Morgan fingerprint density at radius 3 is 1.89 bits per heavy atom. The molecule has 0 fully saturated rings. The molecule has 104 valence electrons. The number of alkyl halides is 1. The molecule has 0 N–H and O–H groups in total. The van der Waals surface area contributed by atoms with Crippen molar-refractivity contribution in [1.29, 1.82) is 0 Å². The van der Waals surface area contributed by atoms with Crippen molar-refractivity contribution in [1.82, 2.24) is 0 Å². The molecule has 0 amide bonds. The Hall–Kier alpha value is -0.0200. The summed E-state index contributed by atoms with van der Waals surface area (Å²) in [6.07, 6.45) is 0. The van der Waals surface area contributed by atoms with Gasteiger partial charge in [0.15, 0.2) is 0 Å². The molecule has 0 saturated heterocycles. The van der Waals surface area contributed by atoms with E-state index < -0.39 is 23.5 Å². The van der Waals surface area contributed by atoms with Gasteiger partial charge in [-0.2, -0.15) is 12.6 Å². The molecule has 0 bridgehead atoms. The van der Waals surface area contributed by atoms with Crippen molar-refractivity contribution >= 4 is 46.3 Å². The summed E-state index contributed by atoms with van der Waals surface area (Å²) in [7, 11) is 0. The number of carbonyl (C=O) groups excluding carboxylic acids is 3. The summed E-state index contributed by atoms with van der Waals surface area (Å²) < 4.78 is 8.70. The first kappa shape index (κ1) is 24.0. The number of rotatable bonds is 5. The van der Waals surface area contributed by atoms with Gasteiger partial charge in [-0.15, -0.1) is 0 Å². The Morgan fingerprint density at radius 2 is 1.58 bits per heavy atom. The summed E-state index contributed by atoms with van der Waals surface area (Å²) in [5.74, 6) is -2.89. The van der Waals surface area contributed by atoms with Gasteiger partial charge in [0.2, 0.25) is 5.78 Å². The van der Waals surface area contributed by atoms with Crippen molar-refractivity contribution in [2.24, 2.45) is 0 Å². The number of hydrogen-bond donors (Lipinski definition) is 1. The van der Waals surface area contributed by atoms with E-state index in [1.807, 2.05) is 0 Å². The molecule has 0 aliphatic rings. The summed E-state index contributed by atoms with van der Waals surface area (Å²) in [4.78, 5) is 31.1. The average molecular weight is 365 g/mol. The van der Waals surface area contributed by atoms with Crippen LogP contribution in [0.25, 0.3) is 0 Å². The van der Waals surface area contributed by atoms with Crippen molar-refractivity contribution in [3.63, 3.8) is 0 Å². The minimum atomic E-state index is -0.854. The van der Waals surface area contributed by atoms with E-state index in [2.05, 4.69) is 38.0 Å². The maximum absolute atomic E-state index is 10.4. The van der Waals surface area contributed by atoms with Crippen molar-refractivity contribution in [2.75, 3.05) is 18.5 Å². The number of hydrogen-bond acceptors (Lipinski definition) is 7. The van der Waals surface area contributed by atoms with Crippen LogP contribution in [0, 0.1) is 0 Å². The fourth-order valence-electron chi connectivity index (χ4n) is 0.521.